The molecule has 0 amide bonds. The van der Waals surface area contributed by atoms with Gasteiger partial charge in [-0.2, -0.15) is 0 Å². The Hall–Kier alpha value is -1.28. The number of benzene rings is 1. The molecule has 0 saturated heterocycles. The fraction of sp³-hybridized carbons (Fsp3) is 0.500. The van der Waals surface area contributed by atoms with Gasteiger partial charge in [0.05, 0.1) is 0 Å². The van der Waals surface area contributed by atoms with Gasteiger partial charge in [0.25, 0.3) is 0 Å². The molecule has 18 heavy (non-hydrogen) atoms. The molecule has 0 bridgehead atoms. The highest BCUT2D eigenvalue weighted by molar-refractivity contribution is 5.36. The number of rotatable bonds is 5. The van der Waals surface area contributed by atoms with E-state index in [1.165, 1.54) is 11.1 Å². The molecule has 0 radical (unpaired) electrons. The van der Waals surface area contributed by atoms with Crippen LogP contribution < -0.4 is 10.1 Å². The van der Waals surface area contributed by atoms with Crippen molar-refractivity contribution in [1.29, 1.82) is 0 Å². The lowest BCUT2D eigenvalue weighted by atomic mass is 9.98. The third-order valence-corrected chi connectivity index (χ3v) is 3.63. The number of para-hydroxylation sites is 1. The van der Waals surface area contributed by atoms with Crippen molar-refractivity contribution >= 4 is 0 Å². The zero-order chi connectivity index (χ0) is 12.8. The summed E-state index contributed by atoms with van der Waals surface area (Å²) in [6, 6.07) is 8.42. The van der Waals surface area contributed by atoms with Crippen LogP contribution in [0.2, 0.25) is 0 Å². The van der Waals surface area contributed by atoms with Crippen LogP contribution in [0.3, 0.4) is 0 Å². The van der Waals surface area contributed by atoms with E-state index < -0.39 is 0 Å². The van der Waals surface area contributed by atoms with Crippen molar-refractivity contribution in [2.45, 2.75) is 32.6 Å². The third-order valence-electron chi connectivity index (χ3n) is 3.63. The molecule has 0 saturated carbocycles. The van der Waals surface area contributed by atoms with Gasteiger partial charge in [-0.05, 0) is 42.5 Å². The van der Waals surface area contributed by atoms with Crippen molar-refractivity contribution in [3.63, 3.8) is 0 Å². The summed E-state index contributed by atoms with van der Waals surface area (Å²) in [4.78, 5) is 0. The van der Waals surface area contributed by atoms with E-state index in [9.17, 15) is 0 Å². The van der Waals surface area contributed by atoms with Crippen molar-refractivity contribution in [3.05, 3.63) is 41.5 Å². The van der Waals surface area contributed by atoms with Crippen molar-refractivity contribution in [1.82, 2.24) is 5.32 Å². The van der Waals surface area contributed by atoms with Crippen LogP contribution in [0.25, 0.3) is 0 Å². The highest BCUT2D eigenvalue weighted by atomic mass is 16.5. The van der Waals surface area contributed by atoms with Gasteiger partial charge in [0.15, 0.2) is 0 Å². The summed E-state index contributed by atoms with van der Waals surface area (Å²) in [6.07, 6.45) is 4.49. The van der Waals surface area contributed by atoms with Crippen LogP contribution >= 0.6 is 0 Å². The van der Waals surface area contributed by atoms with E-state index >= 15 is 0 Å². The first-order valence-electron chi connectivity index (χ1n) is 6.91. The maximum atomic E-state index is 6.00. The first-order valence-corrected chi connectivity index (χ1v) is 6.91. The topological polar surface area (TPSA) is 21.3 Å². The number of hydrogen-bond donors (Lipinski definition) is 1. The molecule has 1 aliphatic rings. The largest absolute Gasteiger partial charge is 0.489 e. The fourth-order valence-corrected chi connectivity index (χ4v) is 2.21. The molecular weight excluding hydrogens is 222 g/mol. The first-order chi connectivity index (χ1) is 8.81. The van der Waals surface area contributed by atoms with Crippen molar-refractivity contribution in [3.8, 4) is 5.75 Å². The smallest absolute Gasteiger partial charge is 0.123 e. The molecule has 1 heterocycles. The SMILES string of the molecule is CCC(C)c1ccccc1OCC1=CCNCC1. The monoisotopic (exact) mass is 245 g/mol. The maximum Gasteiger partial charge on any atom is 0.123 e. The van der Waals surface area contributed by atoms with Crippen LogP contribution in [0.4, 0.5) is 0 Å². The Morgan fingerprint density at radius 2 is 2.17 bits per heavy atom. The molecule has 1 atom stereocenters. The van der Waals surface area contributed by atoms with E-state index in [0.29, 0.717) is 5.92 Å². The first kappa shape index (κ1) is 13.2. The summed E-state index contributed by atoms with van der Waals surface area (Å²) >= 11 is 0. The molecule has 0 aromatic heterocycles. The summed E-state index contributed by atoms with van der Waals surface area (Å²) < 4.78 is 6.00. The normalized spacial score (nSPS) is 17.1. The Labute approximate surface area is 110 Å². The van der Waals surface area contributed by atoms with Crippen LogP contribution in [0.5, 0.6) is 5.75 Å². The van der Waals surface area contributed by atoms with E-state index in [1.807, 2.05) is 0 Å². The Morgan fingerprint density at radius 3 is 2.89 bits per heavy atom. The highest BCUT2D eigenvalue weighted by Crippen LogP contribution is 2.28. The average Bonchev–Trinajstić information content (AvgIpc) is 2.45. The minimum atomic E-state index is 0.559. The van der Waals surface area contributed by atoms with E-state index in [4.69, 9.17) is 4.74 Å². The highest BCUT2D eigenvalue weighted by Gasteiger charge is 2.10. The molecule has 0 aliphatic carbocycles. The van der Waals surface area contributed by atoms with Crippen molar-refractivity contribution < 1.29 is 4.74 Å². The maximum absolute atomic E-state index is 6.00. The van der Waals surface area contributed by atoms with Gasteiger partial charge in [-0.1, -0.05) is 38.1 Å². The molecule has 1 aromatic carbocycles. The molecular formula is C16H23NO. The van der Waals surface area contributed by atoms with Crippen molar-refractivity contribution in [2.75, 3.05) is 19.7 Å². The van der Waals surface area contributed by atoms with E-state index in [0.717, 1.165) is 38.3 Å². The molecule has 0 fully saturated rings. The zero-order valence-electron chi connectivity index (χ0n) is 11.4. The predicted octanol–water partition coefficient (Wildman–Crippen LogP) is 3.50. The lowest BCUT2D eigenvalue weighted by Crippen LogP contribution is -2.22. The number of hydrogen-bond acceptors (Lipinski definition) is 2. The zero-order valence-corrected chi connectivity index (χ0v) is 11.4. The molecule has 1 aliphatic heterocycles. The minimum absolute atomic E-state index is 0.559. The van der Waals surface area contributed by atoms with Gasteiger partial charge in [-0.15, -0.1) is 0 Å². The summed E-state index contributed by atoms with van der Waals surface area (Å²) in [5.41, 5.74) is 2.74. The minimum Gasteiger partial charge on any atom is -0.489 e. The van der Waals surface area contributed by atoms with Gasteiger partial charge in [0.1, 0.15) is 12.4 Å². The molecule has 2 heteroatoms. The van der Waals surface area contributed by atoms with Gasteiger partial charge in [0.2, 0.25) is 0 Å². The third kappa shape index (κ3) is 3.36. The average molecular weight is 245 g/mol. The van der Waals surface area contributed by atoms with E-state index in [1.54, 1.807) is 0 Å². The summed E-state index contributed by atoms with van der Waals surface area (Å²) in [7, 11) is 0. The lowest BCUT2D eigenvalue weighted by molar-refractivity contribution is 0.338. The standard InChI is InChI=1S/C16H23NO/c1-3-13(2)15-6-4-5-7-16(15)18-12-14-8-10-17-11-9-14/h4-8,13,17H,3,9-12H2,1-2H3. The van der Waals surface area contributed by atoms with Crippen LogP contribution in [0.1, 0.15) is 38.2 Å². The molecule has 1 aromatic rings. The Balaban J connectivity index is 2.02. The quantitative estimate of drug-likeness (QED) is 0.802. The Kier molecular flexibility index (Phi) is 4.82. The molecule has 2 rings (SSSR count). The summed E-state index contributed by atoms with van der Waals surface area (Å²) in [5.74, 6) is 1.61. The van der Waals surface area contributed by atoms with Crippen LogP contribution in [-0.2, 0) is 0 Å². The molecule has 98 valence electrons. The van der Waals surface area contributed by atoms with Crippen LogP contribution in [0.15, 0.2) is 35.9 Å². The van der Waals surface area contributed by atoms with Crippen LogP contribution in [0, 0.1) is 0 Å². The van der Waals surface area contributed by atoms with Crippen molar-refractivity contribution in [2.24, 2.45) is 0 Å². The van der Waals surface area contributed by atoms with Gasteiger partial charge >= 0.3 is 0 Å². The lowest BCUT2D eigenvalue weighted by Gasteiger charge is -2.18. The summed E-state index contributed by atoms with van der Waals surface area (Å²) in [6.45, 7) is 7.26. The van der Waals surface area contributed by atoms with Gasteiger partial charge in [-0.3, -0.25) is 0 Å². The number of ether oxygens (including phenoxy) is 1. The van der Waals surface area contributed by atoms with Gasteiger partial charge in [-0.25, -0.2) is 0 Å². The second-order valence-corrected chi connectivity index (χ2v) is 4.95. The molecule has 0 spiro atoms. The fourth-order valence-electron chi connectivity index (χ4n) is 2.21. The van der Waals surface area contributed by atoms with Gasteiger partial charge < -0.3 is 10.1 Å². The molecule has 2 nitrogen and oxygen atoms in total. The Morgan fingerprint density at radius 1 is 1.33 bits per heavy atom. The number of nitrogens with one attached hydrogen (secondary N) is 1. The second-order valence-electron chi connectivity index (χ2n) is 4.95. The Bertz CT molecular complexity index is 411. The van der Waals surface area contributed by atoms with E-state index in [-0.39, 0.29) is 0 Å². The van der Waals surface area contributed by atoms with E-state index in [2.05, 4.69) is 49.5 Å². The second kappa shape index (κ2) is 6.60. The predicted molar refractivity (Wildman–Crippen MR) is 76.2 cm³/mol. The van der Waals surface area contributed by atoms with Crippen LogP contribution in [-0.4, -0.2) is 19.7 Å². The summed E-state index contributed by atoms with van der Waals surface area (Å²) in [5, 5.41) is 3.32. The molecule has 1 N–H and O–H groups in total. The van der Waals surface area contributed by atoms with Gasteiger partial charge in [0, 0.05) is 6.54 Å². The molecule has 1 unspecified atom stereocenters.